The molecule has 0 fully saturated rings. The summed E-state index contributed by atoms with van der Waals surface area (Å²) in [6, 6.07) is 3.94. The molecule has 1 amide bonds. The third-order valence-corrected chi connectivity index (χ3v) is 7.11. The Balaban J connectivity index is 0.000000248. The molecule has 0 saturated heterocycles. The minimum atomic E-state index is 0.613. The highest BCUT2D eigenvalue weighted by Crippen LogP contribution is 2.39. The number of fused-ring (bicyclic) bond motifs is 4. The number of carbonyl (C=O) groups is 1. The number of hydrogen-bond acceptors (Lipinski definition) is 7. The van der Waals surface area contributed by atoms with E-state index in [1.165, 1.54) is 23.3 Å². The van der Waals surface area contributed by atoms with E-state index in [9.17, 15) is 4.79 Å². The number of amides is 1. The zero-order valence-electron chi connectivity index (χ0n) is 18.8. The minimum absolute atomic E-state index is 0.613. The molecule has 33 heavy (non-hydrogen) atoms. The third-order valence-electron chi connectivity index (χ3n) is 5.61. The average molecular weight is 486 g/mol. The van der Waals surface area contributed by atoms with Gasteiger partial charge >= 0.3 is 0 Å². The van der Waals surface area contributed by atoms with E-state index in [0.29, 0.717) is 5.02 Å². The molecule has 0 unspecified atom stereocenters. The number of nitrogens with one attached hydrogen (secondary N) is 2. The number of hydrogen-bond donors (Lipinski definition) is 2. The Bertz CT molecular complexity index is 1240. The number of thiophene rings is 1. The normalized spacial score (nSPS) is 12.8. The Morgan fingerprint density at radius 3 is 2.97 bits per heavy atom. The lowest BCUT2D eigenvalue weighted by Crippen LogP contribution is -2.20. The number of nitrogens with zero attached hydrogens (tertiary/aromatic N) is 5. The monoisotopic (exact) mass is 485 g/mol. The number of rotatable bonds is 7. The molecule has 0 bridgehead atoms. The number of anilines is 2. The fraction of sp³-hybridized carbons (Fsp3) is 0.391. The van der Waals surface area contributed by atoms with Gasteiger partial charge in [-0.2, -0.15) is 5.10 Å². The lowest BCUT2D eigenvalue weighted by molar-refractivity contribution is -0.117. The van der Waals surface area contributed by atoms with Crippen molar-refractivity contribution in [2.75, 3.05) is 32.5 Å². The van der Waals surface area contributed by atoms with Crippen molar-refractivity contribution in [1.29, 1.82) is 0 Å². The van der Waals surface area contributed by atoms with Gasteiger partial charge in [0.15, 0.2) is 0 Å². The molecule has 4 aromatic rings. The van der Waals surface area contributed by atoms with Crippen molar-refractivity contribution in [2.45, 2.75) is 32.1 Å². The zero-order valence-corrected chi connectivity index (χ0v) is 20.4. The van der Waals surface area contributed by atoms with Gasteiger partial charge in [0.1, 0.15) is 17.0 Å². The van der Waals surface area contributed by atoms with Gasteiger partial charge in [-0.3, -0.25) is 4.79 Å². The molecule has 1 aliphatic rings. The number of aromatic nitrogens is 4. The Morgan fingerprint density at radius 2 is 2.15 bits per heavy atom. The molecule has 4 aromatic heterocycles. The van der Waals surface area contributed by atoms with Crippen molar-refractivity contribution in [3.63, 3.8) is 0 Å². The summed E-state index contributed by atoms with van der Waals surface area (Å²) in [6.07, 6.45) is 11.8. The minimum Gasteiger partial charge on any atom is -0.348 e. The maximum Gasteiger partial charge on any atom is 0.209 e. The molecule has 10 heteroatoms. The molecule has 8 nitrogen and oxygen atoms in total. The molecule has 0 aliphatic heterocycles. The van der Waals surface area contributed by atoms with Gasteiger partial charge in [0.2, 0.25) is 6.41 Å². The summed E-state index contributed by atoms with van der Waals surface area (Å²) in [4.78, 5) is 23.1. The maximum atomic E-state index is 10.0. The van der Waals surface area contributed by atoms with Crippen LogP contribution in [0.25, 0.3) is 15.7 Å². The second-order valence-electron chi connectivity index (χ2n) is 8.02. The maximum absolute atomic E-state index is 10.0. The van der Waals surface area contributed by atoms with Crippen LogP contribution < -0.4 is 10.6 Å². The predicted octanol–water partition coefficient (Wildman–Crippen LogP) is 4.30. The highest BCUT2D eigenvalue weighted by Gasteiger charge is 2.20. The van der Waals surface area contributed by atoms with Gasteiger partial charge in [0, 0.05) is 30.9 Å². The average Bonchev–Trinajstić information content (AvgIpc) is 3.44. The molecule has 5 rings (SSSR count). The van der Waals surface area contributed by atoms with Gasteiger partial charge in [-0.1, -0.05) is 11.6 Å². The molecular weight excluding hydrogens is 458 g/mol. The summed E-state index contributed by atoms with van der Waals surface area (Å²) in [5.41, 5.74) is 3.23. The lowest BCUT2D eigenvalue weighted by atomic mass is 9.97. The fourth-order valence-electron chi connectivity index (χ4n) is 3.91. The quantitative estimate of drug-likeness (QED) is 0.300. The zero-order chi connectivity index (χ0) is 23.2. The Hall–Kier alpha value is -2.75. The van der Waals surface area contributed by atoms with Crippen molar-refractivity contribution in [3.05, 3.63) is 46.3 Å². The highest BCUT2D eigenvalue weighted by atomic mass is 35.5. The Kier molecular flexibility index (Phi) is 7.74. The summed E-state index contributed by atoms with van der Waals surface area (Å²) < 4.78 is 1.76. The number of aryl methyl sites for hydroxylation is 2. The third kappa shape index (κ3) is 5.43. The van der Waals surface area contributed by atoms with Crippen molar-refractivity contribution < 1.29 is 4.79 Å². The van der Waals surface area contributed by atoms with E-state index in [1.54, 1.807) is 46.5 Å². The van der Waals surface area contributed by atoms with Crippen LogP contribution in [0, 0.1) is 0 Å². The van der Waals surface area contributed by atoms with Gasteiger partial charge in [0.05, 0.1) is 21.6 Å². The first-order valence-corrected chi connectivity index (χ1v) is 12.3. The van der Waals surface area contributed by atoms with Crippen molar-refractivity contribution >= 4 is 56.6 Å². The molecule has 0 aromatic carbocycles. The van der Waals surface area contributed by atoms with Crippen molar-refractivity contribution in [3.8, 4) is 0 Å². The summed E-state index contributed by atoms with van der Waals surface area (Å²) in [7, 11) is 3.68. The van der Waals surface area contributed by atoms with Crippen LogP contribution in [0.15, 0.2) is 30.9 Å². The lowest BCUT2D eigenvalue weighted by Gasteiger charge is -2.13. The van der Waals surface area contributed by atoms with E-state index in [0.717, 1.165) is 66.0 Å². The van der Waals surface area contributed by atoms with E-state index in [1.807, 2.05) is 19.2 Å². The molecule has 0 radical (unpaired) electrons. The van der Waals surface area contributed by atoms with Crippen LogP contribution in [0.4, 0.5) is 11.5 Å². The first-order valence-electron chi connectivity index (χ1n) is 11.1. The molecule has 0 spiro atoms. The molecule has 0 atom stereocenters. The van der Waals surface area contributed by atoms with Crippen LogP contribution in [-0.2, 0) is 17.6 Å². The van der Waals surface area contributed by atoms with E-state index < -0.39 is 0 Å². The standard InChI is InChI=1S/C17H14ClN5S.C6H14N2O/c18-12-8-23-10(5-6-21-23)7-13(12)22-16-15-11-3-1-2-4-14(11)24-17(15)20-9-19-16;1-7-4-3-5-8(2)6-9/h5-9H,1-4H2,(H,19,20,22);6-7H,3-5H2,1-2H3. The molecule has 0 saturated carbocycles. The predicted molar refractivity (Wildman–Crippen MR) is 135 cm³/mol. The van der Waals surface area contributed by atoms with Crippen LogP contribution in [0.2, 0.25) is 5.02 Å². The van der Waals surface area contributed by atoms with Crippen molar-refractivity contribution in [2.24, 2.45) is 0 Å². The fourth-order valence-corrected chi connectivity index (χ4v) is 5.33. The topological polar surface area (TPSA) is 87.5 Å². The van der Waals surface area contributed by atoms with E-state index in [2.05, 4.69) is 25.7 Å². The van der Waals surface area contributed by atoms with Gasteiger partial charge in [0.25, 0.3) is 0 Å². The molecule has 174 valence electrons. The SMILES string of the molecule is CNCCCN(C)C=O.Clc1cn2nccc2cc1Nc1ncnc2sc3c(c12)CCCC3. The van der Waals surface area contributed by atoms with E-state index in [4.69, 9.17) is 11.6 Å². The van der Waals surface area contributed by atoms with Gasteiger partial charge in [-0.25, -0.2) is 14.5 Å². The first kappa shape index (κ1) is 23.4. The van der Waals surface area contributed by atoms with Crippen LogP contribution in [0.1, 0.15) is 29.7 Å². The van der Waals surface area contributed by atoms with E-state index in [-0.39, 0.29) is 0 Å². The number of pyridine rings is 1. The summed E-state index contributed by atoms with van der Waals surface area (Å²) in [5.74, 6) is 0.838. The van der Waals surface area contributed by atoms with Crippen molar-refractivity contribution in [1.82, 2.24) is 29.8 Å². The number of halogens is 1. The highest BCUT2D eigenvalue weighted by molar-refractivity contribution is 7.19. The second kappa shape index (κ2) is 10.9. The first-order chi connectivity index (χ1) is 16.1. The van der Waals surface area contributed by atoms with Gasteiger partial charge in [-0.15, -0.1) is 11.3 Å². The van der Waals surface area contributed by atoms with Crippen LogP contribution in [-0.4, -0.2) is 58.1 Å². The molecule has 1 aliphatic carbocycles. The Morgan fingerprint density at radius 1 is 1.30 bits per heavy atom. The van der Waals surface area contributed by atoms with E-state index >= 15 is 0 Å². The largest absolute Gasteiger partial charge is 0.348 e. The van der Waals surface area contributed by atoms with Gasteiger partial charge < -0.3 is 15.5 Å². The summed E-state index contributed by atoms with van der Waals surface area (Å²) >= 11 is 8.21. The van der Waals surface area contributed by atoms with Crippen LogP contribution >= 0.6 is 22.9 Å². The summed E-state index contributed by atoms with van der Waals surface area (Å²) in [5, 5.41) is 12.4. The Labute approximate surface area is 202 Å². The van der Waals surface area contributed by atoms with Crippen LogP contribution in [0.5, 0.6) is 0 Å². The van der Waals surface area contributed by atoms with Crippen LogP contribution in [0.3, 0.4) is 0 Å². The summed E-state index contributed by atoms with van der Waals surface area (Å²) in [6.45, 7) is 1.81. The number of carbonyl (C=O) groups excluding carboxylic acids is 1. The van der Waals surface area contributed by atoms with Gasteiger partial charge in [-0.05, 0) is 63.4 Å². The molecular formula is C23H28ClN7OS. The molecule has 2 N–H and O–H groups in total. The second-order valence-corrected chi connectivity index (χ2v) is 9.51. The smallest absolute Gasteiger partial charge is 0.209 e. The molecule has 4 heterocycles.